The van der Waals surface area contributed by atoms with Gasteiger partial charge in [-0.05, 0) is 24.0 Å². The van der Waals surface area contributed by atoms with Crippen LogP contribution in [0.1, 0.15) is 59.6 Å². The molecule has 0 atom stereocenters. The highest BCUT2D eigenvalue weighted by atomic mass is 19.4. The van der Waals surface area contributed by atoms with Crippen LogP contribution in [0.15, 0.2) is 43.0 Å². The molecular formula is C26H24F3N5O. The Morgan fingerprint density at radius 3 is 2.69 bits per heavy atom. The summed E-state index contributed by atoms with van der Waals surface area (Å²) in [6.07, 6.45) is 8.80. The highest BCUT2D eigenvalue weighted by molar-refractivity contribution is 5.97. The number of Topliss-reactive ketones (excluding diaryl/α,β-unsaturated/α-hetero) is 1. The Bertz CT molecular complexity index is 1430. The van der Waals surface area contributed by atoms with Gasteiger partial charge in [-0.1, -0.05) is 38.0 Å². The zero-order chi connectivity index (χ0) is 25.2. The Morgan fingerprint density at radius 2 is 2.00 bits per heavy atom. The Morgan fingerprint density at radius 1 is 1.20 bits per heavy atom. The van der Waals surface area contributed by atoms with Crippen molar-refractivity contribution in [2.24, 2.45) is 0 Å². The van der Waals surface area contributed by atoms with Crippen molar-refractivity contribution in [1.29, 1.82) is 0 Å². The normalized spacial score (nSPS) is 11.7. The van der Waals surface area contributed by atoms with Gasteiger partial charge in [-0.2, -0.15) is 18.3 Å². The lowest BCUT2D eigenvalue weighted by Gasteiger charge is -2.10. The van der Waals surface area contributed by atoms with Crippen LogP contribution >= 0.6 is 0 Å². The standard InChI is InChI=1S/C26H24F3N5O/c1-4-7-23(35)19-9-8-17(13-18(19)6-3)14-21-25-31-15-22(34(25)12-10-30-21)20-16-33(11-5-2)32-24(20)26(27,28)29/h2,8-10,12-13,15-16H,4,6-7,11,14H2,1,3H3. The van der Waals surface area contributed by atoms with E-state index in [0.29, 0.717) is 30.6 Å². The van der Waals surface area contributed by atoms with Gasteiger partial charge in [0.1, 0.15) is 6.54 Å². The van der Waals surface area contributed by atoms with Crippen LogP contribution in [0.2, 0.25) is 0 Å². The van der Waals surface area contributed by atoms with Crippen LogP contribution in [-0.4, -0.2) is 29.9 Å². The van der Waals surface area contributed by atoms with Crippen molar-refractivity contribution in [3.63, 3.8) is 0 Å². The number of alkyl halides is 3. The first-order chi connectivity index (χ1) is 16.8. The molecule has 0 saturated carbocycles. The minimum Gasteiger partial charge on any atom is -0.296 e. The van der Waals surface area contributed by atoms with E-state index in [4.69, 9.17) is 6.42 Å². The number of nitrogens with zero attached hydrogens (tertiary/aromatic N) is 5. The molecule has 0 fully saturated rings. The molecule has 0 unspecified atom stereocenters. The van der Waals surface area contributed by atoms with Gasteiger partial charge in [0.15, 0.2) is 17.1 Å². The Labute approximate surface area is 200 Å². The van der Waals surface area contributed by atoms with Crippen molar-refractivity contribution >= 4 is 11.4 Å². The molecule has 1 aromatic carbocycles. The molecule has 4 aromatic rings. The van der Waals surface area contributed by atoms with Gasteiger partial charge < -0.3 is 0 Å². The topological polar surface area (TPSA) is 65.1 Å². The number of fused-ring (bicyclic) bond motifs is 1. The maximum atomic E-state index is 13.7. The Hall–Kier alpha value is -3.93. The van der Waals surface area contributed by atoms with E-state index in [1.54, 1.807) is 10.6 Å². The minimum atomic E-state index is -4.65. The number of benzene rings is 1. The quantitative estimate of drug-likeness (QED) is 0.251. The molecule has 3 heterocycles. The highest BCUT2D eigenvalue weighted by Gasteiger charge is 2.38. The summed E-state index contributed by atoms with van der Waals surface area (Å²) >= 11 is 0. The van der Waals surface area contributed by atoms with Gasteiger partial charge in [-0.15, -0.1) is 6.42 Å². The van der Waals surface area contributed by atoms with E-state index in [-0.39, 0.29) is 23.6 Å². The predicted molar refractivity (Wildman–Crippen MR) is 126 cm³/mol. The number of halogens is 3. The minimum absolute atomic E-state index is 0.0802. The Kier molecular flexibility index (Phi) is 6.74. The highest BCUT2D eigenvalue weighted by Crippen LogP contribution is 2.36. The van der Waals surface area contributed by atoms with Crippen LogP contribution in [0.5, 0.6) is 0 Å². The van der Waals surface area contributed by atoms with Gasteiger partial charge in [0.2, 0.25) is 0 Å². The second kappa shape index (κ2) is 9.74. The van der Waals surface area contributed by atoms with Crippen molar-refractivity contribution in [2.75, 3.05) is 0 Å². The van der Waals surface area contributed by atoms with Crippen LogP contribution in [0, 0.1) is 12.3 Å². The zero-order valence-corrected chi connectivity index (χ0v) is 19.4. The lowest BCUT2D eigenvalue weighted by atomic mass is 9.95. The molecule has 6 nitrogen and oxygen atoms in total. The first-order valence-electron chi connectivity index (χ1n) is 11.3. The third-order valence-electron chi connectivity index (χ3n) is 5.76. The van der Waals surface area contributed by atoms with E-state index in [0.717, 1.165) is 27.8 Å². The first kappa shape index (κ1) is 24.2. The molecule has 0 aliphatic heterocycles. The maximum Gasteiger partial charge on any atom is 0.435 e. The number of hydrogen-bond acceptors (Lipinski definition) is 4. The molecule has 0 radical (unpaired) electrons. The number of imidazole rings is 1. The molecule has 0 amide bonds. The smallest absolute Gasteiger partial charge is 0.296 e. The summed E-state index contributed by atoms with van der Waals surface area (Å²) in [5.74, 6) is 2.43. The lowest BCUT2D eigenvalue weighted by Crippen LogP contribution is -2.09. The number of hydrogen-bond donors (Lipinski definition) is 0. The van der Waals surface area contributed by atoms with Crippen molar-refractivity contribution in [3.05, 3.63) is 71.1 Å². The van der Waals surface area contributed by atoms with Gasteiger partial charge in [0, 0.05) is 37.0 Å². The van der Waals surface area contributed by atoms with Crippen molar-refractivity contribution < 1.29 is 18.0 Å². The summed E-state index contributed by atoms with van der Waals surface area (Å²) in [5.41, 5.74) is 2.82. The van der Waals surface area contributed by atoms with Gasteiger partial charge >= 0.3 is 6.18 Å². The second-order valence-electron chi connectivity index (χ2n) is 8.20. The molecule has 0 N–H and O–H groups in total. The van der Waals surface area contributed by atoms with Crippen LogP contribution in [-0.2, 0) is 25.6 Å². The fourth-order valence-corrected chi connectivity index (χ4v) is 4.17. The molecule has 180 valence electrons. The molecule has 3 aromatic heterocycles. The lowest BCUT2D eigenvalue weighted by molar-refractivity contribution is -0.141. The maximum absolute atomic E-state index is 13.7. The number of carbonyl (C=O) groups excluding carboxylic acids is 1. The average Bonchev–Trinajstić information content (AvgIpc) is 3.44. The van der Waals surface area contributed by atoms with Crippen molar-refractivity contribution in [2.45, 2.75) is 52.3 Å². The molecular weight excluding hydrogens is 455 g/mol. The average molecular weight is 480 g/mol. The Balaban J connectivity index is 1.73. The van der Waals surface area contributed by atoms with Crippen LogP contribution < -0.4 is 0 Å². The molecule has 9 heteroatoms. The van der Waals surface area contributed by atoms with Crippen LogP contribution in [0.4, 0.5) is 13.2 Å². The van der Waals surface area contributed by atoms with Crippen LogP contribution in [0.3, 0.4) is 0 Å². The molecule has 35 heavy (non-hydrogen) atoms. The van der Waals surface area contributed by atoms with E-state index in [9.17, 15) is 18.0 Å². The number of aromatic nitrogens is 5. The van der Waals surface area contributed by atoms with E-state index in [2.05, 4.69) is 21.0 Å². The van der Waals surface area contributed by atoms with E-state index >= 15 is 0 Å². The fourth-order valence-electron chi connectivity index (χ4n) is 4.17. The molecule has 0 spiro atoms. The van der Waals surface area contributed by atoms with E-state index in [1.165, 1.54) is 18.6 Å². The second-order valence-corrected chi connectivity index (χ2v) is 8.20. The number of carbonyl (C=O) groups is 1. The SMILES string of the molecule is C#CCn1cc(-c2cnc3c(Cc4ccc(C(=O)CCC)c(CC)c4)nccn23)c(C(F)(F)F)n1. The molecule has 4 rings (SSSR count). The number of aryl methyl sites for hydroxylation is 1. The van der Waals surface area contributed by atoms with Gasteiger partial charge in [0.25, 0.3) is 0 Å². The summed E-state index contributed by atoms with van der Waals surface area (Å²) in [7, 11) is 0. The van der Waals surface area contributed by atoms with Gasteiger partial charge in [-0.3, -0.25) is 18.9 Å². The van der Waals surface area contributed by atoms with Gasteiger partial charge in [-0.25, -0.2) is 4.98 Å². The molecule has 0 aliphatic carbocycles. The van der Waals surface area contributed by atoms with Gasteiger partial charge in [0.05, 0.1) is 23.1 Å². The molecule has 0 bridgehead atoms. The zero-order valence-electron chi connectivity index (χ0n) is 19.4. The predicted octanol–water partition coefficient (Wildman–Crippen LogP) is 5.38. The van der Waals surface area contributed by atoms with E-state index in [1.807, 2.05) is 32.0 Å². The third-order valence-corrected chi connectivity index (χ3v) is 5.76. The van der Waals surface area contributed by atoms with Crippen LogP contribution in [0.25, 0.3) is 16.9 Å². The largest absolute Gasteiger partial charge is 0.435 e. The summed E-state index contributed by atoms with van der Waals surface area (Å²) < 4.78 is 43.7. The van der Waals surface area contributed by atoms with Crippen molar-refractivity contribution in [3.8, 4) is 23.6 Å². The number of rotatable bonds is 8. The van der Waals surface area contributed by atoms with E-state index < -0.39 is 11.9 Å². The number of ketones is 1. The monoisotopic (exact) mass is 479 g/mol. The summed E-state index contributed by atoms with van der Waals surface area (Å²) in [5, 5.41) is 3.64. The summed E-state index contributed by atoms with van der Waals surface area (Å²) in [4.78, 5) is 21.2. The number of terminal acetylenes is 1. The fraction of sp³-hybridized carbons (Fsp3) is 0.308. The summed E-state index contributed by atoms with van der Waals surface area (Å²) in [6, 6.07) is 5.73. The molecule has 0 aliphatic rings. The third kappa shape index (κ3) is 4.83. The summed E-state index contributed by atoms with van der Waals surface area (Å²) in [6.45, 7) is 3.89. The first-order valence-corrected chi connectivity index (χ1v) is 11.3. The molecule has 0 saturated heterocycles. The van der Waals surface area contributed by atoms with Crippen molar-refractivity contribution in [1.82, 2.24) is 24.1 Å².